The van der Waals surface area contributed by atoms with Crippen LogP contribution in [-0.2, 0) is 11.2 Å². The molecule has 1 amide bonds. The van der Waals surface area contributed by atoms with Crippen molar-refractivity contribution in [2.75, 3.05) is 6.54 Å². The predicted molar refractivity (Wildman–Crippen MR) is 98.4 cm³/mol. The summed E-state index contributed by atoms with van der Waals surface area (Å²) >= 11 is 0. The highest BCUT2D eigenvalue weighted by Gasteiger charge is 2.35. The number of likely N-dealkylation sites (tertiary alicyclic amines) is 1. The molecule has 1 saturated heterocycles. The fourth-order valence-electron chi connectivity index (χ4n) is 3.13. The van der Waals surface area contributed by atoms with Gasteiger partial charge in [0.15, 0.2) is 0 Å². The van der Waals surface area contributed by atoms with Gasteiger partial charge in [-0.15, -0.1) is 0 Å². The van der Waals surface area contributed by atoms with E-state index >= 15 is 0 Å². The molecule has 1 unspecified atom stereocenters. The molecule has 0 bridgehead atoms. The molecule has 1 aromatic heterocycles. The lowest BCUT2D eigenvalue weighted by Gasteiger charge is -2.20. The first kappa shape index (κ1) is 18.8. The zero-order chi connectivity index (χ0) is 17.3. The Morgan fingerprint density at radius 1 is 1.56 bits per heavy atom. The van der Waals surface area contributed by atoms with Crippen molar-refractivity contribution in [3.8, 4) is 0 Å². The number of hydrogen-bond donors (Lipinski definition) is 2. The lowest BCUT2D eigenvalue weighted by Crippen LogP contribution is -2.46. The largest absolute Gasteiger partial charge is 0.361 e. The molecule has 8 nitrogen and oxygen atoms in total. The molecule has 0 aliphatic carbocycles. The van der Waals surface area contributed by atoms with E-state index in [0.29, 0.717) is 18.4 Å². The van der Waals surface area contributed by atoms with Gasteiger partial charge in [0.1, 0.15) is 0 Å². The highest BCUT2D eigenvalue weighted by Crippen LogP contribution is 2.25. The Hall–Kier alpha value is -2.57. The summed E-state index contributed by atoms with van der Waals surface area (Å²) in [4.78, 5) is 31.0. The molecule has 1 aliphatic rings. The van der Waals surface area contributed by atoms with E-state index < -0.39 is 17.1 Å². The first-order chi connectivity index (χ1) is 11.5. The smallest absolute Gasteiger partial charge is 0.300 e. The first-order valence-corrected chi connectivity index (χ1v) is 7.68. The Kier molecular flexibility index (Phi) is 5.66. The van der Waals surface area contributed by atoms with E-state index in [0.717, 1.165) is 17.5 Å². The number of carbonyl (C=O) groups excluding carboxylic acids is 1. The quantitative estimate of drug-likeness (QED) is 0.492. The minimum atomic E-state index is -0.773. The van der Waals surface area contributed by atoms with Crippen molar-refractivity contribution in [2.45, 2.75) is 31.5 Å². The van der Waals surface area contributed by atoms with E-state index in [4.69, 9.17) is 12.3 Å². The average molecular weight is 361 g/mol. The highest BCUT2D eigenvalue weighted by atomic mass is 32.1. The Bertz CT molecular complexity index is 844. The van der Waals surface area contributed by atoms with Gasteiger partial charge in [0, 0.05) is 42.2 Å². The standard InChI is InChI=1S/C16H17N5O3.H2S/c1-18-15-3-2-6-20(15)16(22)13(17)7-10-9-19-14-5-4-11(21(23)24)8-12(10)14;/h4-5,8-9,13,15,19H,2-3,6-7,17H2;1H2/t13?,15-;/m0./s1. The number of H-pyrrole nitrogens is 1. The van der Waals surface area contributed by atoms with Gasteiger partial charge >= 0.3 is 6.17 Å². The molecular weight excluding hydrogens is 342 g/mol. The predicted octanol–water partition coefficient (Wildman–Crippen LogP) is 1.93. The molecule has 0 radical (unpaired) electrons. The molecule has 2 heterocycles. The maximum absolute atomic E-state index is 12.5. The number of aromatic amines is 1. The number of nitrogens with two attached hydrogens (primary N) is 1. The van der Waals surface area contributed by atoms with E-state index in [9.17, 15) is 14.9 Å². The van der Waals surface area contributed by atoms with Crippen LogP contribution in [0, 0.1) is 16.7 Å². The minimum Gasteiger partial charge on any atom is -0.361 e. The summed E-state index contributed by atoms with van der Waals surface area (Å²) < 4.78 is 0. The van der Waals surface area contributed by atoms with Gasteiger partial charge in [0.05, 0.1) is 11.0 Å². The Labute approximate surface area is 151 Å². The number of benzene rings is 1. The zero-order valence-corrected chi connectivity index (χ0v) is 14.4. The molecule has 0 spiro atoms. The number of nitrogens with zero attached hydrogens (tertiary/aromatic N) is 3. The summed E-state index contributed by atoms with van der Waals surface area (Å²) in [6.45, 7) is 7.71. The Balaban J connectivity index is 0.00000225. The van der Waals surface area contributed by atoms with Gasteiger partial charge in [-0.25, -0.2) is 6.57 Å². The van der Waals surface area contributed by atoms with Gasteiger partial charge in [-0.05, 0) is 24.5 Å². The van der Waals surface area contributed by atoms with Crippen molar-refractivity contribution < 1.29 is 9.72 Å². The van der Waals surface area contributed by atoms with Crippen molar-refractivity contribution in [3.63, 3.8) is 0 Å². The van der Waals surface area contributed by atoms with Gasteiger partial charge in [0.2, 0.25) is 5.91 Å². The molecule has 1 fully saturated rings. The van der Waals surface area contributed by atoms with Crippen LogP contribution in [-0.4, -0.2) is 39.5 Å². The summed E-state index contributed by atoms with van der Waals surface area (Å²) in [5, 5.41) is 11.6. The zero-order valence-electron chi connectivity index (χ0n) is 13.4. The fraction of sp³-hybridized carbons (Fsp3) is 0.375. The fourth-order valence-corrected chi connectivity index (χ4v) is 3.13. The second-order valence-electron chi connectivity index (χ2n) is 5.90. The van der Waals surface area contributed by atoms with Gasteiger partial charge in [-0.1, -0.05) is 0 Å². The molecule has 2 atom stereocenters. The molecule has 25 heavy (non-hydrogen) atoms. The molecule has 3 rings (SSSR count). The summed E-state index contributed by atoms with van der Waals surface area (Å²) in [6, 6.07) is 3.78. The van der Waals surface area contributed by atoms with Crippen LogP contribution in [0.1, 0.15) is 18.4 Å². The van der Waals surface area contributed by atoms with Crippen LogP contribution in [0.3, 0.4) is 0 Å². The second-order valence-corrected chi connectivity index (χ2v) is 5.90. The van der Waals surface area contributed by atoms with Gasteiger partial charge < -0.3 is 10.7 Å². The molecule has 0 saturated carbocycles. The van der Waals surface area contributed by atoms with E-state index in [-0.39, 0.29) is 31.5 Å². The summed E-state index contributed by atoms with van der Waals surface area (Å²) in [7, 11) is 0. The number of nitro benzene ring substituents is 1. The first-order valence-electron chi connectivity index (χ1n) is 7.68. The monoisotopic (exact) mass is 361 g/mol. The van der Waals surface area contributed by atoms with Crippen molar-refractivity contribution in [3.05, 3.63) is 51.5 Å². The van der Waals surface area contributed by atoms with Crippen molar-refractivity contribution in [1.29, 1.82) is 0 Å². The van der Waals surface area contributed by atoms with Crippen LogP contribution in [0.2, 0.25) is 0 Å². The number of nitro groups is 1. The third kappa shape index (κ3) is 3.60. The van der Waals surface area contributed by atoms with E-state index in [1.807, 2.05) is 0 Å². The number of fused-ring (bicyclic) bond motifs is 1. The molecule has 2 aromatic rings. The lowest BCUT2D eigenvalue weighted by atomic mass is 10.0. The molecule has 3 N–H and O–H groups in total. The molecule has 1 aliphatic heterocycles. The maximum Gasteiger partial charge on any atom is 0.300 e. The third-order valence-electron chi connectivity index (χ3n) is 4.37. The normalized spacial score (nSPS) is 17.8. The Morgan fingerprint density at radius 3 is 3.00 bits per heavy atom. The van der Waals surface area contributed by atoms with Crippen molar-refractivity contribution in [1.82, 2.24) is 9.88 Å². The second kappa shape index (κ2) is 7.55. The van der Waals surface area contributed by atoms with E-state index in [1.165, 1.54) is 17.0 Å². The topological polar surface area (TPSA) is 110 Å². The lowest BCUT2D eigenvalue weighted by molar-refractivity contribution is -0.384. The Morgan fingerprint density at radius 2 is 2.32 bits per heavy atom. The van der Waals surface area contributed by atoms with E-state index in [2.05, 4.69) is 9.83 Å². The van der Waals surface area contributed by atoms with Crippen molar-refractivity contribution in [2.24, 2.45) is 5.73 Å². The SMILES string of the molecule is S.[C-]#[N+][C@@H]1CCCN1C(=O)C(N)Cc1c[nH]c2ccc([N+](=O)[O-])cc12. The number of amides is 1. The highest BCUT2D eigenvalue weighted by molar-refractivity contribution is 7.59. The number of rotatable bonds is 4. The van der Waals surface area contributed by atoms with Crippen LogP contribution in [0.15, 0.2) is 24.4 Å². The third-order valence-corrected chi connectivity index (χ3v) is 4.37. The minimum absolute atomic E-state index is 0. The van der Waals surface area contributed by atoms with Gasteiger partial charge in [-0.2, -0.15) is 13.5 Å². The van der Waals surface area contributed by atoms with Crippen LogP contribution >= 0.6 is 13.5 Å². The average Bonchev–Trinajstić information content (AvgIpc) is 3.20. The summed E-state index contributed by atoms with van der Waals surface area (Å²) in [5.41, 5.74) is 7.57. The molecular formula is C16H19N5O3S. The molecule has 132 valence electrons. The number of nitrogens with one attached hydrogen (secondary N) is 1. The number of carbonyl (C=O) groups is 1. The van der Waals surface area contributed by atoms with Crippen LogP contribution in [0.25, 0.3) is 15.7 Å². The van der Waals surface area contributed by atoms with Gasteiger partial charge in [-0.3, -0.25) is 24.7 Å². The summed E-state index contributed by atoms with van der Waals surface area (Å²) in [5.74, 6) is -0.242. The van der Waals surface area contributed by atoms with Gasteiger partial charge in [0.25, 0.3) is 5.69 Å². The maximum atomic E-state index is 12.5. The summed E-state index contributed by atoms with van der Waals surface area (Å²) in [6.07, 6.45) is 3.05. The van der Waals surface area contributed by atoms with Crippen LogP contribution in [0.4, 0.5) is 5.69 Å². The number of non-ortho nitro benzene ring substituents is 1. The molecule has 1 aromatic carbocycles. The van der Waals surface area contributed by atoms with Crippen LogP contribution in [0.5, 0.6) is 0 Å². The number of aromatic nitrogens is 1. The van der Waals surface area contributed by atoms with Crippen molar-refractivity contribution >= 4 is 36.0 Å². The van der Waals surface area contributed by atoms with Crippen LogP contribution < -0.4 is 5.73 Å². The number of hydrogen-bond acceptors (Lipinski definition) is 4. The molecule has 9 heteroatoms. The van der Waals surface area contributed by atoms with E-state index in [1.54, 1.807) is 12.3 Å².